The van der Waals surface area contributed by atoms with E-state index in [0.29, 0.717) is 59.6 Å². The van der Waals surface area contributed by atoms with Gasteiger partial charge in [-0.1, -0.05) is 0 Å². The van der Waals surface area contributed by atoms with E-state index in [9.17, 15) is 9.90 Å². The quantitative estimate of drug-likeness (QED) is 0.500. The lowest BCUT2D eigenvalue weighted by atomic mass is 9.96. The van der Waals surface area contributed by atoms with Gasteiger partial charge in [-0.25, -0.2) is 19.2 Å². The Bertz CT molecular complexity index is 1280. The lowest BCUT2D eigenvalue weighted by Gasteiger charge is -2.35. The molecular weight excluding hydrogens is 439 g/mol. The first-order valence-electron chi connectivity index (χ1n) is 11.3. The van der Waals surface area contributed by atoms with Crippen LogP contribution >= 0.6 is 0 Å². The van der Waals surface area contributed by atoms with E-state index in [1.165, 1.54) is 11.1 Å². The summed E-state index contributed by atoms with van der Waals surface area (Å²) in [5.74, 6) is 0.235. The normalized spacial score (nSPS) is 16.6. The van der Waals surface area contributed by atoms with Gasteiger partial charge in [0, 0.05) is 41.5 Å². The first kappa shape index (κ1) is 22.1. The molecule has 178 valence electrons. The van der Waals surface area contributed by atoms with Gasteiger partial charge in [0.25, 0.3) is 0 Å². The molecule has 0 unspecified atom stereocenters. The minimum atomic E-state index is -1.06. The molecule has 9 nitrogen and oxygen atoms in total. The number of carbonyl (C=O) groups is 1. The Kier molecular flexibility index (Phi) is 5.60. The molecule has 4 N–H and O–H groups in total. The first-order chi connectivity index (χ1) is 16.3. The summed E-state index contributed by atoms with van der Waals surface area (Å²) >= 11 is 0. The molecule has 0 atom stereocenters. The number of nitrogens with two attached hydrogens (primary N) is 1. The number of likely N-dealkylation sites (tertiary alicyclic amines) is 1. The zero-order valence-electron chi connectivity index (χ0n) is 19.1. The summed E-state index contributed by atoms with van der Waals surface area (Å²) in [6.45, 7) is 4.66. The maximum absolute atomic E-state index is 15.4. The van der Waals surface area contributed by atoms with E-state index < -0.39 is 11.9 Å². The summed E-state index contributed by atoms with van der Waals surface area (Å²) in [5.41, 5.74) is 8.56. The molecule has 1 fully saturated rings. The summed E-state index contributed by atoms with van der Waals surface area (Å²) in [7, 11) is 2.02. The number of hydrogen-bond donors (Lipinski definition) is 3. The topological polar surface area (TPSA) is 117 Å². The van der Waals surface area contributed by atoms with Gasteiger partial charge in [-0.3, -0.25) is 4.90 Å². The largest absolute Gasteiger partial charge is 0.474 e. The van der Waals surface area contributed by atoms with E-state index in [1.807, 2.05) is 14.0 Å². The molecule has 2 aliphatic rings. The van der Waals surface area contributed by atoms with Crippen molar-refractivity contribution in [3.05, 3.63) is 35.9 Å². The summed E-state index contributed by atoms with van der Waals surface area (Å²) < 4.78 is 21.0. The summed E-state index contributed by atoms with van der Waals surface area (Å²) in [5, 5.41) is 14.3. The second-order valence-electron chi connectivity index (χ2n) is 8.85. The zero-order valence-corrected chi connectivity index (χ0v) is 19.1. The maximum atomic E-state index is 15.4. The van der Waals surface area contributed by atoms with Crippen LogP contribution in [0, 0.1) is 12.7 Å². The molecule has 1 aromatic carbocycles. The number of amides is 1. The van der Waals surface area contributed by atoms with Gasteiger partial charge in [0.05, 0.1) is 5.69 Å². The minimum absolute atomic E-state index is 0.0333. The Morgan fingerprint density at radius 1 is 1.26 bits per heavy atom. The number of nitrogens with one attached hydrogen (secondary N) is 1. The Labute approximate surface area is 196 Å². The highest BCUT2D eigenvalue weighted by atomic mass is 19.1. The van der Waals surface area contributed by atoms with Gasteiger partial charge in [-0.2, -0.15) is 0 Å². The van der Waals surface area contributed by atoms with E-state index in [-0.39, 0.29) is 11.7 Å². The highest BCUT2D eigenvalue weighted by Crippen LogP contribution is 2.40. The van der Waals surface area contributed by atoms with Gasteiger partial charge >= 0.3 is 6.09 Å². The van der Waals surface area contributed by atoms with Crippen LogP contribution in [0.15, 0.2) is 24.5 Å². The van der Waals surface area contributed by atoms with Crippen molar-refractivity contribution in [3.8, 4) is 17.0 Å². The number of nitrogen functional groups attached to an aromatic ring is 1. The number of fused-ring (bicyclic) bond motifs is 2. The number of ether oxygens (including phenoxy) is 1. The molecule has 3 aromatic rings. The Hall–Kier alpha value is -3.66. The Balaban J connectivity index is 1.61. The van der Waals surface area contributed by atoms with Crippen molar-refractivity contribution in [2.75, 3.05) is 49.2 Å². The molecule has 0 spiro atoms. The van der Waals surface area contributed by atoms with Crippen LogP contribution in [0.2, 0.25) is 0 Å². The number of rotatable bonds is 3. The number of hydrogen-bond acceptors (Lipinski definition) is 7. The average molecular weight is 467 g/mol. The monoisotopic (exact) mass is 466 g/mol. The van der Waals surface area contributed by atoms with Crippen molar-refractivity contribution >= 4 is 34.1 Å². The van der Waals surface area contributed by atoms with Crippen LogP contribution in [0.3, 0.4) is 0 Å². The van der Waals surface area contributed by atoms with E-state index >= 15 is 4.39 Å². The number of halogens is 1. The highest BCUT2D eigenvalue weighted by molar-refractivity contribution is 5.99. The fraction of sp³-hybridized carbons (Fsp3) is 0.375. The van der Waals surface area contributed by atoms with Gasteiger partial charge in [0.15, 0.2) is 5.82 Å². The predicted molar refractivity (Wildman–Crippen MR) is 129 cm³/mol. The second-order valence-corrected chi connectivity index (χ2v) is 8.85. The SMILES string of the molecule is Cc1c(-c2cc3cc(N(C(=O)O)C4CCN(C)CC4)ncc3c(N)c2F)cnc2c1NCCO2. The molecule has 4 heterocycles. The number of pyridine rings is 2. The Morgan fingerprint density at radius 2 is 2.03 bits per heavy atom. The van der Waals surface area contributed by atoms with Crippen molar-refractivity contribution < 1.29 is 19.0 Å². The fourth-order valence-electron chi connectivity index (χ4n) is 4.80. The smallest absolute Gasteiger partial charge is 0.413 e. The molecular formula is C24H27FN6O3. The minimum Gasteiger partial charge on any atom is -0.474 e. The van der Waals surface area contributed by atoms with Crippen LogP contribution in [0.4, 0.5) is 26.4 Å². The first-order valence-corrected chi connectivity index (χ1v) is 11.3. The molecule has 10 heteroatoms. The molecule has 5 rings (SSSR count). The number of anilines is 3. The number of benzene rings is 1. The van der Waals surface area contributed by atoms with Crippen LogP contribution in [0.1, 0.15) is 18.4 Å². The molecule has 0 aliphatic carbocycles. The number of aromatic nitrogens is 2. The molecule has 2 aliphatic heterocycles. The molecule has 1 saturated heterocycles. The third-order valence-corrected chi connectivity index (χ3v) is 6.73. The van der Waals surface area contributed by atoms with E-state index in [0.717, 1.165) is 24.3 Å². The third-order valence-electron chi connectivity index (χ3n) is 6.73. The molecule has 0 bridgehead atoms. The van der Waals surface area contributed by atoms with Crippen LogP contribution in [-0.4, -0.2) is 65.4 Å². The Morgan fingerprint density at radius 3 is 2.76 bits per heavy atom. The molecule has 34 heavy (non-hydrogen) atoms. The van der Waals surface area contributed by atoms with E-state index in [4.69, 9.17) is 10.5 Å². The highest BCUT2D eigenvalue weighted by Gasteiger charge is 2.29. The number of piperidine rings is 1. The number of nitrogens with zero attached hydrogens (tertiary/aromatic N) is 4. The molecule has 1 amide bonds. The zero-order chi connectivity index (χ0) is 24.0. The average Bonchev–Trinajstić information content (AvgIpc) is 2.83. The van der Waals surface area contributed by atoms with Gasteiger partial charge < -0.3 is 25.8 Å². The van der Waals surface area contributed by atoms with Gasteiger partial charge in [0.2, 0.25) is 5.88 Å². The molecule has 0 saturated carbocycles. The van der Waals surface area contributed by atoms with Crippen molar-refractivity contribution in [2.45, 2.75) is 25.8 Å². The lowest BCUT2D eigenvalue weighted by molar-refractivity contribution is 0.189. The van der Waals surface area contributed by atoms with Gasteiger partial charge in [-0.15, -0.1) is 0 Å². The van der Waals surface area contributed by atoms with E-state index in [2.05, 4.69) is 20.2 Å². The predicted octanol–water partition coefficient (Wildman–Crippen LogP) is 3.71. The van der Waals surface area contributed by atoms with Crippen LogP contribution < -0.4 is 20.7 Å². The second kappa shape index (κ2) is 8.60. The summed E-state index contributed by atoms with van der Waals surface area (Å²) in [4.78, 5) is 24.4. The van der Waals surface area contributed by atoms with Crippen LogP contribution in [0.25, 0.3) is 21.9 Å². The van der Waals surface area contributed by atoms with Gasteiger partial charge in [0.1, 0.15) is 18.1 Å². The fourth-order valence-corrected chi connectivity index (χ4v) is 4.80. The van der Waals surface area contributed by atoms with Crippen molar-refractivity contribution in [1.29, 1.82) is 0 Å². The van der Waals surface area contributed by atoms with Crippen molar-refractivity contribution in [2.24, 2.45) is 0 Å². The van der Waals surface area contributed by atoms with E-state index in [1.54, 1.807) is 18.3 Å². The summed E-state index contributed by atoms with van der Waals surface area (Å²) in [6, 6.07) is 3.18. The van der Waals surface area contributed by atoms with Gasteiger partial charge in [-0.05, 0) is 63.0 Å². The molecule has 0 radical (unpaired) electrons. The third kappa shape index (κ3) is 3.73. The van der Waals surface area contributed by atoms with Crippen molar-refractivity contribution in [3.63, 3.8) is 0 Å². The standard InChI is InChI=1S/C24H27FN6O3/c1-13-17(11-29-23-22(13)27-5-8-34-23)16-9-14-10-19(28-12-18(14)21(26)20(16)25)31(24(32)33)15-3-6-30(2)7-4-15/h9-12,15,27H,3-8,26H2,1-2H3,(H,32,33). The molecule has 2 aromatic heterocycles. The van der Waals surface area contributed by atoms with Crippen LogP contribution in [-0.2, 0) is 0 Å². The lowest BCUT2D eigenvalue weighted by Crippen LogP contribution is -2.46. The van der Waals surface area contributed by atoms with Crippen molar-refractivity contribution in [1.82, 2.24) is 14.9 Å². The maximum Gasteiger partial charge on any atom is 0.413 e. The van der Waals surface area contributed by atoms with Crippen LogP contribution in [0.5, 0.6) is 5.88 Å². The summed E-state index contributed by atoms with van der Waals surface area (Å²) in [6.07, 6.45) is 3.40. The number of carboxylic acid groups (broad SMARTS) is 1.